The summed E-state index contributed by atoms with van der Waals surface area (Å²) >= 11 is 0. The van der Waals surface area contributed by atoms with Gasteiger partial charge in [0.1, 0.15) is 36.6 Å². The number of benzene rings is 1. The minimum atomic E-state index is -0.896. The molecule has 2 rings (SSSR count). The number of hydrogen-bond donors (Lipinski definition) is 4. The van der Waals surface area contributed by atoms with Crippen LogP contribution in [0, 0.1) is 0 Å². The molecule has 0 unspecified atom stereocenters. The van der Waals surface area contributed by atoms with Crippen LogP contribution in [0.15, 0.2) is 64.3 Å². The van der Waals surface area contributed by atoms with Gasteiger partial charge in [0, 0.05) is 18.4 Å². The molecule has 0 radical (unpaired) electrons. The Labute approximate surface area is 152 Å². The van der Waals surface area contributed by atoms with Gasteiger partial charge < -0.3 is 29.6 Å². The van der Waals surface area contributed by atoms with Crippen LogP contribution in [0.5, 0.6) is 5.75 Å². The molecule has 1 heterocycles. The summed E-state index contributed by atoms with van der Waals surface area (Å²) in [6.07, 6.45) is 0.349. The number of ether oxygens (including phenoxy) is 1. The average molecular weight is 360 g/mol. The zero-order valence-electron chi connectivity index (χ0n) is 14.4. The van der Waals surface area contributed by atoms with E-state index in [0.29, 0.717) is 22.8 Å². The Morgan fingerprint density at radius 1 is 1.12 bits per heavy atom. The third-order valence-electron chi connectivity index (χ3n) is 3.66. The third kappa shape index (κ3) is 6.52. The molecule has 0 aliphatic heterocycles. The molecule has 26 heavy (non-hydrogen) atoms. The van der Waals surface area contributed by atoms with Crippen molar-refractivity contribution in [1.29, 1.82) is 0 Å². The SMILES string of the molecule is OCc1ccc([C@H](O)CC=C=C(COc2ccccc2)C[C@@H](O)CO)o1. The Bertz CT molecular complexity index is 715. The van der Waals surface area contributed by atoms with Crippen LogP contribution < -0.4 is 4.74 Å². The molecule has 0 saturated carbocycles. The topological polar surface area (TPSA) is 103 Å². The van der Waals surface area contributed by atoms with E-state index in [9.17, 15) is 10.2 Å². The fourth-order valence-electron chi connectivity index (χ4n) is 2.29. The Morgan fingerprint density at radius 2 is 1.88 bits per heavy atom. The van der Waals surface area contributed by atoms with Gasteiger partial charge in [-0.1, -0.05) is 18.2 Å². The quantitative estimate of drug-likeness (QED) is 0.484. The van der Waals surface area contributed by atoms with Gasteiger partial charge in [0.15, 0.2) is 0 Å². The van der Waals surface area contributed by atoms with Crippen LogP contribution in [0.25, 0.3) is 0 Å². The highest BCUT2D eigenvalue weighted by Gasteiger charge is 2.11. The molecular weight excluding hydrogens is 336 g/mol. The summed E-state index contributed by atoms with van der Waals surface area (Å²) in [6, 6.07) is 12.5. The maximum atomic E-state index is 10.1. The van der Waals surface area contributed by atoms with Crippen molar-refractivity contribution in [2.75, 3.05) is 13.2 Å². The number of hydrogen-bond acceptors (Lipinski definition) is 6. The van der Waals surface area contributed by atoms with Crippen molar-refractivity contribution in [2.24, 2.45) is 0 Å². The largest absolute Gasteiger partial charge is 0.489 e. The standard InChI is InChI=1S/C20H24O6/c21-12-16(23)11-15(14-25-17-6-2-1-3-7-17)5-4-8-19(24)20-10-9-18(13-22)26-20/h1-4,6-7,9-10,16,19,21-24H,8,11-14H2/t5?,16-,19-/m1/s1. The smallest absolute Gasteiger partial charge is 0.133 e. The zero-order chi connectivity index (χ0) is 18.8. The molecule has 0 aliphatic rings. The minimum absolute atomic E-state index is 0.211. The molecule has 6 nitrogen and oxygen atoms in total. The van der Waals surface area contributed by atoms with Gasteiger partial charge in [-0.3, -0.25) is 0 Å². The van der Waals surface area contributed by atoms with Crippen LogP contribution >= 0.6 is 0 Å². The number of aliphatic hydroxyl groups is 4. The number of rotatable bonds is 10. The van der Waals surface area contributed by atoms with Gasteiger partial charge in [0.25, 0.3) is 0 Å². The van der Waals surface area contributed by atoms with E-state index < -0.39 is 12.2 Å². The molecule has 0 spiro atoms. The monoisotopic (exact) mass is 360 g/mol. The highest BCUT2D eigenvalue weighted by Crippen LogP contribution is 2.20. The Balaban J connectivity index is 2.00. The van der Waals surface area contributed by atoms with Crippen LogP contribution in [-0.2, 0) is 6.61 Å². The summed E-state index contributed by atoms with van der Waals surface area (Å²) < 4.78 is 10.9. The molecule has 1 aromatic carbocycles. The van der Waals surface area contributed by atoms with Crippen molar-refractivity contribution < 1.29 is 29.6 Å². The first-order valence-corrected chi connectivity index (χ1v) is 8.39. The first-order valence-electron chi connectivity index (χ1n) is 8.39. The summed E-state index contributed by atoms with van der Waals surface area (Å²) in [5, 5.41) is 37.8. The number of para-hydroxylation sites is 1. The molecule has 0 saturated heterocycles. The Kier molecular flexibility index (Phi) is 8.15. The molecule has 2 aromatic rings. The van der Waals surface area contributed by atoms with E-state index in [-0.39, 0.29) is 32.7 Å². The lowest BCUT2D eigenvalue weighted by Crippen LogP contribution is -2.15. The number of aliphatic hydroxyl groups excluding tert-OH is 4. The van der Waals surface area contributed by atoms with Gasteiger partial charge in [-0.25, -0.2) is 0 Å². The predicted octanol–water partition coefficient (Wildman–Crippen LogP) is 2.10. The maximum Gasteiger partial charge on any atom is 0.133 e. The van der Waals surface area contributed by atoms with Crippen LogP contribution in [0.4, 0.5) is 0 Å². The second kappa shape index (κ2) is 10.6. The first-order chi connectivity index (χ1) is 12.6. The second-order valence-corrected chi connectivity index (χ2v) is 5.81. The molecule has 0 amide bonds. The summed E-state index contributed by atoms with van der Waals surface area (Å²) in [5.41, 5.74) is 3.69. The van der Waals surface area contributed by atoms with Gasteiger partial charge in [0.2, 0.25) is 0 Å². The lowest BCUT2D eigenvalue weighted by Gasteiger charge is -2.11. The van der Waals surface area contributed by atoms with Crippen molar-refractivity contribution in [3.8, 4) is 5.75 Å². The molecule has 6 heteroatoms. The zero-order valence-corrected chi connectivity index (χ0v) is 14.4. The molecule has 0 bridgehead atoms. The summed E-state index contributed by atoms with van der Waals surface area (Å²) in [7, 11) is 0. The molecule has 4 N–H and O–H groups in total. The number of furan rings is 1. The van der Waals surface area contributed by atoms with E-state index in [4.69, 9.17) is 19.4 Å². The fraction of sp³-hybridized carbons (Fsp3) is 0.350. The Morgan fingerprint density at radius 3 is 2.54 bits per heavy atom. The summed E-state index contributed by atoms with van der Waals surface area (Å²) in [4.78, 5) is 0. The van der Waals surface area contributed by atoms with Crippen molar-refractivity contribution in [1.82, 2.24) is 0 Å². The molecular formula is C20H24O6. The lowest BCUT2D eigenvalue weighted by atomic mass is 10.1. The minimum Gasteiger partial charge on any atom is -0.489 e. The van der Waals surface area contributed by atoms with Crippen molar-refractivity contribution in [3.05, 3.63) is 71.4 Å². The molecule has 2 atom stereocenters. The van der Waals surface area contributed by atoms with Crippen molar-refractivity contribution in [2.45, 2.75) is 31.7 Å². The average Bonchev–Trinajstić information content (AvgIpc) is 3.16. The maximum absolute atomic E-state index is 10.1. The van der Waals surface area contributed by atoms with Gasteiger partial charge in [-0.2, -0.15) is 0 Å². The molecule has 0 aliphatic carbocycles. The van der Waals surface area contributed by atoms with Crippen LogP contribution in [-0.4, -0.2) is 39.7 Å². The summed E-state index contributed by atoms with van der Waals surface area (Å²) in [5.74, 6) is 1.45. The van der Waals surface area contributed by atoms with Gasteiger partial charge in [0.05, 0.1) is 12.7 Å². The second-order valence-electron chi connectivity index (χ2n) is 5.81. The molecule has 1 aromatic heterocycles. The first kappa shape index (κ1) is 20.0. The highest BCUT2D eigenvalue weighted by atomic mass is 16.5. The highest BCUT2D eigenvalue weighted by molar-refractivity contribution is 5.22. The van der Waals surface area contributed by atoms with E-state index in [0.717, 1.165) is 0 Å². The Hall–Kier alpha value is -2.34. The van der Waals surface area contributed by atoms with E-state index in [1.165, 1.54) is 0 Å². The van der Waals surface area contributed by atoms with E-state index in [1.807, 2.05) is 30.3 Å². The van der Waals surface area contributed by atoms with E-state index >= 15 is 0 Å². The fourth-order valence-corrected chi connectivity index (χ4v) is 2.29. The van der Waals surface area contributed by atoms with Crippen molar-refractivity contribution in [3.63, 3.8) is 0 Å². The van der Waals surface area contributed by atoms with Gasteiger partial charge in [-0.05, 0) is 30.3 Å². The van der Waals surface area contributed by atoms with Gasteiger partial charge in [-0.15, -0.1) is 5.73 Å². The van der Waals surface area contributed by atoms with Gasteiger partial charge >= 0.3 is 0 Å². The van der Waals surface area contributed by atoms with Crippen molar-refractivity contribution >= 4 is 0 Å². The van der Waals surface area contributed by atoms with E-state index in [1.54, 1.807) is 18.2 Å². The molecule has 0 fully saturated rings. The van der Waals surface area contributed by atoms with Crippen LogP contribution in [0.2, 0.25) is 0 Å². The summed E-state index contributed by atoms with van der Waals surface area (Å²) in [6.45, 7) is -0.360. The molecule has 140 valence electrons. The van der Waals surface area contributed by atoms with Crippen LogP contribution in [0.3, 0.4) is 0 Å². The lowest BCUT2D eigenvalue weighted by molar-refractivity contribution is 0.0934. The predicted molar refractivity (Wildman–Crippen MR) is 95.5 cm³/mol. The third-order valence-corrected chi connectivity index (χ3v) is 3.66. The van der Waals surface area contributed by atoms with Crippen LogP contribution in [0.1, 0.15) is 30.5 Å². The normalized spacial score (nSPS) is 12.9. The van der Waals surface area contributed by atoms with E-state index in [2.05, 4.69) is 5.73 Å².